The molecule has 750 valence electrons. The van der Waals surface area contributed by atoms with Gasteiger partial charge in [-0.15, -0.1) is 5.10 Å². The number of aryl methyl sites for hydroxylation is 2. The van der Waals surface area contributed by atoms with Crippen molar-refractivity contribution in [3.8, 4) is 0 Å². The molecule has 3 aromatic rings. The normalized spacial score (nSPS) is 28.2. The van der Waals surface area contributed by atoms with Crippen LogP contribution in [0.5, 0.6) is 0 Å². The highest BCUT2D eigenvalue weighted by atomic mass is 16.7. The van der Waals surface area contributed by atoms with Crippen LogP contribution in [0.25, 0.3) is 0 Å². The van der Waals surface area contributed by atoms with Crippen molar-refractivity contribution in [2.45, 2.75) is 280 Å². The second-order valence-corrected chi connectivity index (χ2v) is 35.7. The molecule has 6 aliphatic rings. The number of hydrogen-bond donors (Lipinski definition) is 11. The lowest BCUT2D eigenvalue weighted by molar-refractivity contribution is -0.347. The van der Waals surface area contributed by atoms with E-state index in [0.717, 1.165) is 0 Å². The topological polar surface area (TPSA) is 591 Å². The summed E-state index contributed by atoms with van der Waals surface area (Å²) in [4.78, 5) is 179. The van der Waals surface area contributed by atoms with Crippen LogP contribution in [0.15, 0.2) is 78.0 Å². The van der Waals surface area contributed by atoms with E-state index in [1.807, 2.05) is 0 Å². The van der Waals surface area contributed by atoms with Crippen molar-refractivity contribution in [1.82, 2.24) is 41.6 Å². The Morgan fingerprint density at radius 2 is 1.35 bits per heavy atom. The minimum atomic E-state index is -2.42. The number of Topliss-reactive ketones (excluding diaryl/α,β-unsaturated/α-hetero) is 2. The van der Waals surface area contributed by atoms with Crippen molar-refractivity contribution in [2.24, 2.45) is 22.7 Å². The monoisotopic (exact) mass is 1910 g/mol. The first kappa shape index (κ1) is 108. The molecule has 135 heavy (non-hydrogen) atoms. The van der Waals surface area contributed by atoms with Crippen LogP contribution in [0.1, 0.15) is 168 Å². The number of rotatable bonds is 47. The standard InChI is InChI=1S/C91H130N8O36/c1-15-124-79(112)53(38-55(101)41-93-63(103)42-94-62(102)35-27-33-54-43-99(98-97-54)37-26-24-34-56(81(114)125-16-2)95-85(116)132-75-69(107)59(129-83(122-14)72(75)110)45-126-84-71(109)70(108)68(106)58(130-84)44-119-11)32-23-25-36-92-64(104)46-123-47-65(105)131-74(67(51-28-19-17-20-29-51)96-86(117)135-87(5,6)7)82(115)128-57-40-91(118)78(133-80(113)52-30-21-18-22-31-52)76-89(10,77(111)73(121-13)66(49(57)3)88(91,8)9)60(120-12)39-61-90(76,48-127-61)134-50(4)100/h17-22,28-31,43,53,56-61,67-76,78,83-84,106-110,118H,15-16,23-27,32-42,44-48H2,1-14H3,(H,92,104)(H,93,103)(H,94,102)(H,95,116)(H,96,117)/t53-,56+,57+,58?,59?,60+,61-,67?,68-,69-,70+,71?,72?,73-,74-,75+,76+,78+,83+,84-,89-,90+,91-/m1/s1. The van der Waals surface area contributed by atoms with Gasteiger partial charge in [0.2, 0.25) is 23.8 Å². The van der Waals surface area contributed by atoms with Gasteiger partial charge >= 0.3 is 48.0 Å². The highest BCUT2D eigenvalue weighted by Gasteiger charge is 2.78. The van der Waals surface area contributed by atoms with E-state index in [4.69, 9.17) is 80.5 Å². The van der Waals surface area contributed by atoms with Crippen molar-refractivity contribution < 1.29 is 173 Å². The fourth-order valence-corrected chi connectivity index (χ4v) is 18.1. The molecular formula is C91H130N8O36. The number of aromatic nitrogens is 3. The number of amides is 5. The highest BCUT2D eigenvalue weighted by Crippen LogP contribution is 2.65. The number of esters is 6. The third-order valence-electron chi connectivity index (χ3n) is 25.0. The number of aliphatic hydroxyl groups is 6. The Kier molecular flexibility index (Phi) is 39.6. The number of ketones is 2. The van der Waals surface area contributed by atoms with Gasteiger partial charge < -0.3 is 138 Å². The minimum Gasteiger partial charge on any atom is -0.466 e. The maximum Gasteiger partial charge on any atom is 0.408 e. The summed E-state index contributed by atoms with van der Waals surface area (Å²) in [6.45, 7) is 12.1. The van der Waals surface area contributed by atoms with Crippen LogP contribution in [0.2, 0.25) is 0 Å². The molecule has 44 nitrogen and oxygen atoms in total. The van der Waals surface area contributed by atoms with E-state index in [-0.39, 0.29) is 100 Å². The van der Waals surface area contributed by atoms with Gasteiger partial charge in [0.05, 0.1) is 80.7 Å². The highest BCUT2D eigenvalue weighted by molar-refractivity contribution is 5.95. The largest absolute Gasteiger partial charge is 0.466 e. The van der Waals surface area contributed by atoms with Crippen LogP contribution in [-0.4, -0.2) is 338 Å². The lowest BCUT2D eigenvalue weighted by Crippen LogP contribution is -2.82. The van der Waals surface area contributed by atoms with E-state index in [2.05, 4.69) is 36.9 Å². The number of nitrogens with one attached hydrogen (secondary N) is 5. The van der Waals surface area contributed by atoms with Gasteiger partial charge in [-0.2, -0.15) is 0 Å². The number of fused-ring (bicyclic) bond motifs is 5. The average Bonchev–Trinajstić information content (AvgIpc) is 0.925. The van der Waals surface area contributed by atoms with Crippen molar-refractivity contribution in [2.75, 3.05) is 94.3 Å². The van der Waals surface area contributed by atoms with E-state index >= 15 is 9.59 Å². The van der Waals surface area contributed by atoms with Gasteiger partial charge in [-0.25, -0.2) is 28.8 Å². The summed E-state index contributed by atoms with van der Waals surface area (Å²) in [5.74, 6) is -11.2. The molecule has 2 bridgehead atoms. The van der Waals surface area contributed by atoms with Crippen LogP contribution in [0.3, 0.4) is 0 Å². The third kappa shape index (κ3) is 27.2. The Balaban J connectivity index is 0.727. The van der Waals surface area contributed by atoms with E-state index < -0.39 is 266 Å². The molecule has 0 spiro atoms. The van der Waals surface area contributed by atoms with E-state index in [9.17, 15) is 83.4 Å². The Hall–Kier alpha value is -10.2. The Morgan fingerprint density at radius 3 is 1.99 bits per heavy atom. The first-order valence-corrected chi connectivity index (χ1v) is 45.0. The SMILES string of the molecule is CCOC(=O)[C@H](CCCCNC(=O)COCC(=O)O[C@@H](C(=O)O[C@H]1C[C@@]2(O)[C@@H](OC(=O)c3ccccc3)[C@@H]3[C@]4(OC(C)=O)CO[C@@H]4C[C@H](OC)[C@@]3(C)C(=O)[C@H](OC)C(=C1C)C2(C)C)C(NC(=O)OC(C)(C)C)c1ccccc1)CC(=O)CNC(=O)CNC(=O)CCCc1cn(CCCC[C@H](NC(=O)O[C@@H]2C(O)[C@@H](OC)OC(CO[C@@H]3OC(COC)[C@@H](O)[C@H](O)C3O)[C@H]2O)C(=O)OCC)nn1. The van der Waals surface area contributed by atoms with Crippen LogP contribution in [0.4, 0.5) is 9.59 Å². The number of benzene rings is 2. The Bertz CT molecular complexity index is 4570. The minimum absolute atomic E-state index is 0.000213. The van der Waals surface area contributed by atoms with Crippen molar-refractivity contribution in [3.63, 3.8) is 0 Å². The summed E-state index contributed by atoms with van der Waals surface area (Å²) in [6, 6.07) is 12.8. The smallest absolute Gasteiger partial charge is 0.408 e. The predicted molar refractivity (Wildman–Crippen MR) is 463 cm³/mol. The molecule has 5 amide bonds. The number of carbonyl (C=O) groups excluding carboxylic acids is 13. The first-order chi connectivity index (χ1) is 64.0. The fourth-order valence-electron chi connectivity index (χ4n) is 18.1. The van der Waals surface area contributed by atoms with Crippen LogP contribution in [-0.2, 0) is 141 Å². The van der Waals surface area contributed by atoms with E-state index in [1.54, 1.807) is 110 Å². The number of ether oxygens (including phenoxy) is 17. The molecule has 44 heteroatoms. The van der Waals surface area contributed by atoms with Crippen molar-refractivity contribution >= 4 is 77.3 Å². The molecular weight excluding hydrogens is 1780 g/mol. The van der Waals surface area contributed by atoms with Gasteiger partial charge in [-0.1, -0.05) is 74.0 Å². The van der Waals surface area contributed by atoms with Crippen molar-refractivity contribution in [1.29, 1.82) is 0 Å². The molecule has 2 aromatic carbocycles. The molecule has 0 radical (unpaired) electrons. The quantitative estimate of drug-likeness (QED) is 0.0164. The number of nitrogens with zero attached hydrogens (tertiary/aromatic N) is 3. The molecule has 3 aliphatic heterocycles. The van der Waals surface area contributed by atoms with Gasteiger partial charge in [0.1, 0.15) is 104 Å². The van der Waals surface area contributed by atoms with Gasteiger partial charge in [-0.05, 0) is 122 Å². The molecule has 4 heterocycles. The van der Waals surface area contributed by atoms with Gasteiger partial charge in [0.25, 0.3) is 0 Å². The summed E-state index contributed by atoms with van der Waals surface area (Å²) in [5.41, 5.74) is -7.61. The van der Waals surface area contributed by atoms with Gasteiger partial charge in [0.15, 0.2) is 35.9 Å². The van der Waals surface area contributed by atoms with Gasteiger partial charge in [0, 0.05) is 85.7 Å². The van der Waals surface area contributed by atoms with Crippen molar-refractivity contribution in [3.05, 3.63) is 94.8 Å². The lowest BCUT2D eigenvalue weighted by Gasteiger charge is -2.67. The molecule has 5 fully saturated rings. The Morgan fingerprint density at radius 1 is 0.681 bits per heavy atom. The number of aliphatic hydroxyl groups excluding tert-OH is 5. The number of carbonyl (C=O) groups is 13. The fraction of sp³-hybridized carbons (Fsp3) is 0.681. The number of methoxy groups -OCH3 is 4. The molecule has 2 saturated carbocycles. The zero-order chi connectivity index (χ0) is 99.0. The van der Waals surface area contributed by atoms with Crippen LogP contribution in [0, 0.1) is 22.7 Å². The summed E-state index contributed by atoms with van der Waals surface area (Å²) < 4.78 is 99.2. The maximum absolute atomic E-state index is 16.0. The number of alkyl carbamates (subject to hydrolysis) is 2. The average molecular weight is 1910 g/mol. The summed E-state index contributed by atoms with van der Waals surface area (Å²) in [5, 5.41) is 88.5. The molecule has 11 N–H and O–H groups in total. The number of hydrogen-bond acceptors (Lipinski definition) is 38. The Labute approximate surface area is 780 Å². The number of unbranched alkanes of at least 4 members (excludes halogenated alkanes) is 2. The first-order valence-electron chi connectivity index (χ1n) is 45.0. The van der Waals surface area contributed by atoms with Crippen LogP contribution < -0.4 is 26.6 Å². The summed E-state index contributed by atoms with van der Waals surface area (Å²) >= 11 is 0. The zero-order valence-electron chi connectivity index (χ0n) is 78.4. The lowest BCUT2D eigenvalue weighted by atomic mass is 9.44. The summed E-state index contributed by atoms with van der Waals surface area (Å²) in [7, 11) is 5.18. The molecule has 3 aliphatic carbocycles. The third-order valence-corrected chi connectivity index (χ3v) is 25.0. The second kappa shape index (κ2) is 49.2. The van der Waals surface area contributed by atoms with Gasteiger partial charge in [-0.3, -0.25) is 38.2 Å². The zero-order valence-corrected chi connectivity index (χ0v) is 78.4. The molecule has 23 atom stereocenters. The molecule has 3 saturated heterocycles. The second-order valence-electron chi connectivity index (χ2n) is 35.7. The van der Waals surface area contributed by atoms with Crippen LogP contribution >= 0.6 is 0 Å². The molecule has 1 aromatic heterocycles. The summed E-state index contributed by atoms with van der Waals surface area (Å²) in [6.07, 6.45) is -24.1. The van der Waals surface area contributed by atoms with E-state index in [1.165, 1.54) is 59.6 Å². The maximum atomic E-state index is 16.0. The predicted octanol–water partition coefficient (Wildman–Crippen LogP) is 1.17. The molecule has 5 unspecified atom stereocenters. The van der Waals surface area contributed by atoms with E-state index in [0.29, 0.717) is 37.9 Å². The molecule has 9 rings (SSSR count).